The topological polar surface area (TPSA) is 44.8 Å². The quantitative estimate of drug-likeness (QED) is 0.545. The Labute approximate surface area is 128 Å². The van der Waals surface area contributed by atoms with Crippen LogP contribution in [0.1, 0.15) is 10.4 Å². The summed E-state index contributed by atoms with van der Waals surface area (Å²) in [6, 6.07) is 13.3. The van der Waals surface area contributed by atoms with Gasteiger partial charge < -0.3 is 14.2 Å². The standard InChI is InChI=1S/C18H16O4/c1-20-12-5-4-11-8-17(18(19)22-3)16-10-13(21-2)6-7-14(16)15(11)9-12/h4-10H,1-3H3. The number of methoxy groups -OCH3 is 3. The maximum Gasteiger partial charge on any atom is 0.338 e. The number of hydrogen-bond donors (Lipinski definition) is 0. The van der Waals surface area contributed by atoms with E-state index >= 15 is 0 Å². The van der Waals surface area contributed by atoms with Crippen LogP contribution < -0.4 is 9.47 Å². The fourth-order valence-corrected chi connectivity index (χ4v) is 2.64. The Morgan fingerprint density at radius 2 is 1.41 bits per heavy atom. The van der Waals surface area contributed by atoms with Crippen LogP contribution in [-0.2, 0) is 4.74 Å². The molecule has 0 unspecified atom stereocenters. The smallest absolute Gasteiger partial charge is 0.338 e. The van der Waals surface area contributed by atoms with Gasteiger partial charge in [-0.15, -0.1) is 0 Å². The highest BCUT2D eigenvalue weighted by atomic mass is 16.5. The second kappa shape index (κ2) is 5.56. The third-order valence-electron chi connectivity index (χ3n) is 3.77. The largest absolute Gasteiger partial charge is 0.497 e. The summed E-state index contributed by atoms with van der Waals surface area (Å²) in [6.45, 7) is 0. The van der Waals surface area contributed by atoms with E-state index in [4.69, 9.17) is 14.2 Å². The van der Waals surface area contributed by atoms with Crippen molar-refractivity contribution in [1.82, 2.24) is 0 Å². The van der Waals surface area contributed by atoms with Crippen LogP contribution in [0.4, 0.5) is 0 Å². The number of hydrogen-bond acceptors (Lipinski definition) is 4. The maximum absolute atomic E-state index is 12.1. The number of benzene rings is 3. The molecule has 3 rings (SSSR count). The second-order valence-electron chi connectivity index (χ2n) is 4.91. The number of esters is 1. The van der Waals surface area contributed by atoms with Crippen LogP contribution in [0.5, 0.6) is 11.5 Å². The molecule has 0 heterocycles. The van der Waals surface area contributed by atoms with Gasteiger partial charge in [0.25, 0.3) is 0 Å². The first-order chi connectivity index (χ1) is 10.7. The van der Waals surface area contributed by atoms with Gasteiger partial charge in [-0.05, 0) is 46.5 Å². The molecule has 0 saturated heterocycles. The molecule has 0 atom stereocenters. The van der Waals surface area contributed by atoms with Crippen molar-refractivity contribution in [2.45, 2.75) is 0 Å². The first-order valence-electron chi connectivity index (χ1n) is 6.84. The molecule has 22 heavy (non-hydrogen) atoms. The second-order valence-corrected chi connectivity index (χ2v) is 4.91. The molecule has 0 aliphatic carbocycles. The number of carbonyl (C=O) groups is 1. The summed E-state index contributed by atoms with van der Waals surface area (Å²) in [6.07, 6.45) is 0. The van der Waals surface area contributed by atoms with Gasteiger partial charge >= 0.3 is 5.97 Å². The molecule has 0 N–H and O–H groups in total. The predicted octanol–water partition coefficient (Wildman–Crippen LogP) is 3.80. The summed E-state index contributed by atoms with van der Waals surface area (Å²) in [7, 11) is 4.62. The molecule has 0 saturated carbocycles. The molecule has 0 aliphatic rings. The number of ether oxygens (including phenoxy) is 3. The van der Waals surface area contributed by atoms with Gasteiger partial charge in [0.15, 0.2) is 0 Å². The van der Waals surface area contributed by atoms with Crippen LogP contribution in [0.25, 0.3) is 21.5 Å². The molecule has 4 heteroatoms. The van der Waals surface area contributed by atoms with Crippen molar-refractivity contribution in [3.63, 3.8) is 0 Å². The van der Waals surface area contributed by atoms with E-state index < -0.39 is 0 Å². The van der Waals surface area contributed by atoms with E-state index in [0.29, 0.717) is 11.3 Å². The molecule has 0 aromatic heterocycles. The van der Waals surface area contributed by atoms with Crippen molar-refractivity contribution in [3.05, 3.63) is 48.0 Å². The van der Waals surface area contributed by atoms with E-state index in [1.807, 2.05) is 42.5 Å². The molecular formula is C18H16O4. The monoisotopic (exact) mass is 296 g/mol. The summed E-state index contributed by atoms with van der Waals surface area (Å²) >= 11 is 0. The van der Waals surface area contributed by atoms with Crippen molar-refractivity contribution < 1.29 is 19.0 Å². The van der Waals surface area contributed by atoms with Crippen LogP contribution in [0.3, 0.4) is 0 Å². The Kier molecular flexibility index (Phi) is 3.59. The lowest BCUT2D eigenvalue weighted by molar-refractivity contribution is 0.0603. The van der Waals surface area contributed by atoms with Crippen LogP contribution >= 0.6 is 0 Å². The van der Waals surface area contributed by atoms with Crippen LogP contribution in [0.15, 0.2) is 42.5 Å². The molecule has 0 bridgehead atoms. The van der Waals surface area contributed by atoms with Crippen molar-refractivity contribution in [2.75, 3.05) is 21.3 Å². The molecule has 3 aromatic carbocycles. The van der Waals surface area contributed by atoms with E-state index in [9.17, 15) is 4.79 Å². The van der Waals surface area contributed by atoms with Crippen molar-refractivity contribution >= 4 is 27.5 Å². The molecule has 3 aromatic rings. The van der Waals surface area contributed by atoms with Gasteiger partial charge in [0, 0.05) is 5.39 Å². The molecule has 112 valence electrons. The van der Waals surface area contributed by atoms with Gasteiger partial charge in [-0.1, -0.05) is 12.1 Å². The number of carbonyl (C=O) groups excluding carboxylic acids is 1. The highest BCUT2D eigenvalue weighted by Crippen LogP contribution is 2.33. The summed E-state index contributed by atoms with van der Waals surface area (Å²) in [5.41, 5.74) is 0.522. The molecule has 4 nitrogen and oxygen atoms in total. The lowest BCUT2D eigenvalue weighted by atomic mass is 9.97. The van der Waals surface area contributed by atoms with Gasteiger partial charge in [-0.25, -0.2) is 4.79 Å². The summed E-state index contributed by atoms with van der Waals surface area (Å²) < 4.78 is 15.5. The molecule has 0 radical (unpaired) electrons. The number of rotatable bonds is 3. The van der Waals surface area contributed by atoms with Gasteiger partial charge in [0.2, 0.25) is 0 Å². The minimum absolute atomic E-state index is 0.365. The van der Waals surface area contributed by atoms with E-state index in [1.54, 1.807) is 14.2 Å². The summed E-state index contributed by atoms with van der Waals surface area (Å²) in [5, 5.41) is 3.73. The maximum atomic E-state index is 12.1. The average Bonchev–Trinajstić information content (AvgIpc) is 2.59. The van der Waals surface area contributed by atoms with Crippen molar-refractivity contribution in [1.29, 1.82) is 0 Å². The van der Waals surface area contributed by atoms with Crippen LogP contribution in [-0.4, -0.2) is 27.3 Å². The third kappa shape index (κ3) is 2.22. The van der Waals surface area contributed by atoms with Crippen LogP contribution in [0.2, 0.25) is 0 Å². The fraction of sp³-hybridized carbons (Fsp3) is 0.167. The predicted molar refractivity (Wildman–Crippen MR) is 85.9 cm³/mol. The van der Waals surface area contributed by atoms with E-state index in [1.165, 1.54) is 7.11 Å². The zero-order valence-corrected chi connectivity index (χ0v) is 12.7. The highest BCUT2D eigenvalue weighted by Gasteiger charge is 2.14. The van der Waals surface area contributed by atoms with E-state index in [-0.39, 0.29) is 5.97 Å². The molecular weight excluding hydrogens is 280 g/mol. The molecule has 0 amide bonds. The third-order valence-corrected chi connectivity index (χ3v) is 3.77. The van der Waals surface area contributed by atoms with Crippen molar-refractivity contribution in [3.8, 4) is 11.5 Å². The Morgan fingerprint density at radius 3 is 2.05 bits per heavy atom. The summed E-state index contributed by atoms with van der Waals surface area (Å²) in [5.74, 6) is 1.10. The number of fused-ring (bicyclic) bond motifs is 3. The lowest BCUT2D eigenvalue weighted by Gasteiger charge is -2.11. The van der Waals surface area contributed by atoms with E-state index in [2.05, 4.69) is 0 Å². The Balaban J connectivity index is 2.43. The molecule has 0 fully saturated rings. The van der Waals surface area contributed by atoms with Gasteiger partial charge in [0.05, 0.1) is 26.9 Å². The molecule has 0 spiro atoms. The minimum Gasteiger partial charge on any atom is -0.497 e. The molecule has 0 aliphatic heterocycles. The fourth-order valence-electron chi connectivity index (χ4n) is 2.64. The Hall–Kier alpha value is -2.75. The Bertz CT molecular complexity index is 868. The zero-order valence-electron chi connectivity index (χ0n) is 12.7. The first kappa shape index (κ1) is 14.2. The SMILES string of the molecule is COC(=O)c1cc2ccc(OC)cc2c2ccc(OC)cc12. The first-order valence-corrected chi connectivity index (χ1v) is 6.84. The average molecular weight is 296 g/mol. The minimum atomic E-state index is -0.365. The van der Waals surface area contributed by atoms with E-state index in [0.717, 1.165) is 27.3 Å². The van der Waals surface area contributed by atoms with Crippen LogP contribution in [0, 0.1) is 0 Å². The van der Waals surface area contributed by atoms with Gasteiger partial charge in [-0.2, -0.15) is 0 Å². The summed E-state index contributed by atoms with van der Waals surface area (Å²) in [4.78, 5) is 12.1. The normalized spacial score (nSPS) is 10.7. The van der Waals surface area contributed by atoms with Gasteiger partial charge in [-0.3, -0.25) is 0 Å². The van der Waals surface area contributed by atoms with Gasteiger partial charge in [0.1, 0.15) is 11.5 Å². The highest BCUT2D eigenvalue weighted by molar-refractivity contribution is 6.16. The lowest BCUT2D eigenvalue weighted by Crippen LogP contribution is -2.02. The van der Waals surface area contributed by atoms with Crippen molar-refractivity contribution in [2.24, 2.45) is 0 Å². The Morgan fingerprint density at radius 1 is 0.773 bits per heavy atom. The zero-order chi connectivity index (χ0) is 15.7.